The lowest BCUT2D eigenvalue weighted by Gasteiger charge is -2.23. The number of carbonyl (C=O) groups is 1. The van der Waals surface area contributed by atoms with Gasteiger partial charge in [-0.2, -0.15) is 0 Å². The number of carbonyl (C=O) groups excluding carboxylic acids is 1. The molecule has 1 aromatic rings. The van der Waals surface area contributed by atoms with Gasteiger partial charge in [0, 0.05) is 11.8 Å². The molecule has 104 valence electrons. The van der Waals surface area contributed by atoms with Crippen molar-refractivity contribution in [3.63, 3.8) is 0 Å². The number of amides is 1. The lowest BCUT2D eigenvalue weighted by molar-refractivity contribution is -0.118. The summed E-state index contributed by atoms with van der Waals surface area (Å²) in [6.45, 7) is 10.1. The molecular formula is C16H24N2O. The highest BCUT2D eigenvalue weighted by molar-refractivity contribution is 5.93. The van der Waals surface area contributed by atoms with Crippen LogP contribution in [-0.2, 0) is 4.79 Å². The molecule has 0 aliphatic carbocycles. The van der Waals surface area contributed by atoms with Crippen LogP contribution in [0.25, 0.3) is 0 Å². The Morgan fingerprint density at radius 3 is 2.68 bits per heavy atom. The fourth-order valence-corrected chi connectivity index (χ4v) is 2.03. The van der Waals surface area contributed by atoms with Crippen molar-refractivity contribution in [2.75, 3.05) is 0 Å². The molecule has 1 heterocycles. The Hall–Kier alpha value is -1.64. The number of nitrogens with zero attached hydrogens (tertiary/aromatic N) is 1. The predicted octanol–water partition coefficient (Wildman–Crippen LogP) is 3.56. The van der Waals surface area contributed by atoms with E-state index in [1.807, 2.05) is 39.0 Å². The summed E-state index contributed by atoms with van der Waals surface area (Å²) in [5.74, 6) is 0.289. The van der Waals surface area contributed by atoms with E-state index < -0.39 is 0 Å². The molecule has 0 spiro atoms. The van der Waals surface area contributed by atoms with E-state index in [1.165, 1.54) is 0 Å². The molecule has 1 rings (SSSR count). The first-order chi connectivity index (χ1) is 8.97. The van der Waals surface area contributed by atoms with Gasteiger partial charge in [-0.25, -0.2) is 0 Å². The second-order valence-electron chi connectivity index (χ2n) is 5.20. The molecule has 0 saturated heterocycles. The Bertz CT molecular complexity index is 464. The molecule has 0 bridgehead atoms. The van der Waals surface area contributed by atoms with E-state index >= 15 is 0 Å². The molecular weight excluding hydrogens is 236 g/mol. The average Bonchev–Trinajstić information content (AvgIpc) is 2.36. The standard InChI is InChI=1S/C16H24N2O/c1-6-8-13(5)16(19)18-14(11(2)3)15-12(4)9-7-10-17-15/h7-11,14H,6H2,1-5H3,(H,18,19)/b13-8-. The van der Waals surface area contributed by atoms with Gasteiger partial charge in [-0.1, -0.05) is 32.9 Å². The van der Waals surface area contributed by atoms with E-state index in [0.29, 0.717) is 5.92 Å². The molecule has 0 fully saturated rings. The number of hydrogen-bond donors (Lipinski definition) is 1. The van der Waals surface area contributed by atoms with E-state index in [2.05, 4.69) is 24.1 Å². The van der Waals surface area contributed by atoms with Gasteiger partial charge in [-0.05, 0) is 37.8 Å². The molecule has 1 atom stereocenters. The zero-order chi connectivity index (χ0) is 14.4. The van der Waals surface area contributed by atoms with Gasteiger partial charge < -0.3 is 5.32 Å². The quantitative estimate of drug-likeness (QED) is 0.822. The van der Waals surface area contributed by atoms with Gasteiger partial charge in [0.25, 0.3) is 0 Å². The van der Waals surface area contributed by atoms with Crippen LogP contribution in [0.1, 0.15) is 51.4 Å². The fourth-order valence-electron chi connectivity index (χ4n) is 2.03. The largest absolute Gasteiger partial charge is 0.344 e. The number of rotatable bonds is 5. The Balaban J connectivity index is 2.95. The second-order valence-corrected chi connectivity index (χ2v) is 5.20. The van der Waals surface area contributed by atoms with Crippen molar-refractivity contribution in [3.8, 4) is 0 Å². The van der Waals surface area contributed by atoms with Crippen LogP contribution in [0.3, 0.4) is 0 Å². The summed E-state index contributed by atoms with van der Waals surface area (Å²) in [7, 11) is 0. The van der Waals surface area contributed by atoms with Crippen LogP contribution in [-0.4, -0.2) is 10.9 Å². The molecule has 1 N–H and O–H groups in total. The highest BCUT2D eigenvalue weighted by Gasteiger charge is 2.21. The minimum absolute atomic E-state index is 0.00870. The smallest absolute Gasteiger partial charge is 0.247 e. The Morgan fingerprint density at radius 1 is 1.47 bits per heavy atom. The first-order valence-corrected chi connectivity index (χ1v) is 6.86. The van der Waals surface area contributed by atoms with Gasteiger partial charge in [0.2, 0.25) is 5.91 Å². The summed E-state index contributed by atoms with van der Waals surface area (Å²) in [6.07, 6.45) is 4.59. The van der Waals surface area contributed by atoms with Crippen LogP contribution in [0.2, 0.25) is 0 Å². The van der Waals surface area contributed by atoms with Gasteiger partial charge in [0.1, 0.15) is 0 Å². The molecule has 1 aromatic heterocycles. The van der Waals surface area contributed by atoms with Gasteiger partial charge in [-0.3, -0.25) is 9.78 Å². The van der Waals surface area contributed by atoms with Crippen LogP contribution >= 0.6 is 0 Å². The molecule has 0 saturated carbocycles. The van der Waals surface area contributed by atoms with Gasteiger partial charge in [0.05, 0.1) is 11.7 Å². The summed E-state index contributed by atoms with van der Waals surface area (Å²) in [6, 6.07) is 3.90. The molecule has 0 aromatic carbocycles. The molecule has 3 heteroatoms. The van der Waals surface area contributed by atoms with E-state index in [0.717, 1.165) is 23.3 Å². The summed E-state index contributed by atoms with van der Waals surface area (Å²) in [4.78, 5) is 16.5. The first kappa shape index (κ1) is 15.4. The highest BCUT2D eigenvalue weighted by atomic mass is 16.1. The van der Waals surface area contributed by atoms with Crippen molar-refractivity contribution in [1.82, 2.24) is 10.3 Å². The number of allylic oxidation sites excluding steroid dienone is 1. The van der Waals surface area contributed by atoms with Crippen LogP contribution in [0.5, 0.6) is 0 Å². The van der Waals surface area contributed by atoms with Gasteiger partial charge in [-0.15, -0.1) is 0 Å². The molecule has 1 unspecified atom stereocenters. The zero-order valence-electron chi connectivity index (χ0n) is 12.5. The fraction of sp³-hybridized carbons (Fsp3) is 0.500. The van der Waals surface area contributed by atoms with Crippen molar-refractivity contribution >= 4 is 5.91 Å². The second kappa shape index (κ2) is 7.07. The van der Waals surface area contributed by atoms with Gasteiger partial charge in [0.15, 0.2) is 0 Å². The predicted molar refractivity (Wildman–Crippen MR) is 78.7 cm³/mol. The zero-order valence-corrected chi connectivity index (χ0v) is 12.5. The first-order valence-electron chi connectivity index (χ1n) is 6.86. The number of hydrogen-bond acceptors (Lipinski definition) is 2. The van der Waals surface area contributed by atoms with Crippen LogP contribution in [0.15, 0.2) is 30.0 Å². The van der Waals surface area contributed by atoms with Crippen molar-refractivity contribution in [3.05, 3.63) is 41.2 Å². The number of pyridine rings is 1. The molecule has 3 nitrogen and oxygen atoms in total. The van der Waals surface area contributed by atoms with Crippen molar-refractivity contribution in [2.24, 2.45) is 5.92 Å². The molecule has 0 aliphatic rings. The van der Waals surface area contributed by atoms with Crippen molar-refractivity contribution in [2.45, 2.75) is 47.1 Å². The van der Waals surface area contributed by atoms with Gasteiger partial charge >= 0.3 is 0 Å². The summed E-state index contributed by atoms with van der Waals surface area (Å²) >= 11 is 0. The highest BCUT2D eigenvalue weighted by Crippen LogP contribution is 2.22. The van der Waals surface area contributed by atoms with Crippen LogP contribution in [0.4, 0.5) is 0 Å². The van der Waals surface area contributed by atoms with Crippen LogP contribution in [0, 0.1) is 12.8 Å². The lowest BCUT2D eigenvalue weighted by Crippen LogP contribution is -2.33. The Kier molecular flexibility index (Phi) is 5.74. The molecule has 1 amide bonds. The normalized spacial score (nSPS) is 13.5. The third kappa shape index (κ3) is 4.19. The van der Waals surface area contributed by atoms with Crippen molar-refractivity contribution < 1.29 is 4.79 Å². The Morgan fingerprint density at radius 2 is 2.16 bits per heavy atom. The maximum Gasteiger partial charge on any atom is 0.247 e. The average molecular weight is 260 g/mol. The minimum Gasteiger partial charge on any atom is -0.344 e. The minimum atomic E-state index is -0.0473. The Labute approximate surface area is 116 Å². The number of nitrogens with one attached hydrogen (secondary N) is 1. The third-order valence-electron chi connectivity index (χ3n) is 3.17. The lowest BCUT2D eigenvalue weighted by atomic mass is 9.97. The van der Waals surface area contributed by atoms with E-state index in [4.69, 9.17) is 0 Å². The maximum absolute atomic E-state index is 12.1. The monoisotopic (exact) mass is 260 g/mol. The maximum atomic E-state index is 12.1. The topological polar surface area (TPSA) is 42.0 Å². The summed E-state index contributed by atoms with van der Waals surface area (Å²) in [5, 5.41) is 3.09. The summed E-state index contributed by atoms with van der Waals surface area (Å²) < 4.78 is 0. The number of aryl methyl sites for hydroxylation is 1. The summed E-state index contributed by atoms with van der Waals surface area (Å²) in [5.41, 5.74) is 2.83. The third-order valence-corrected chi connectivity index (χ3v) is 3.17. The molecule has 0 aliphatic heterocycles. The van der Waals surface area contributed by atoms with E-state index in [1.54, 1.807) is 6.20 Å². The SMILES string of the molecule is CC/C=C(/C)C(=O)NC(c1ncccc1C)C(C)C. The van der Waals surface area contributed by atoms with Crippen LogP contribution < -0.4 is 5.32 Å². The van der Waals surface area contributed by atoms with E-state index in [-0.39, 0.29) is 11.9 Å². The molecule has 0 radical (unpaired) electrons. The molecule has 19 heavy (non-hydrogen) atoms. The number of aromatic nitrogens is 1. The van der Waals surface area contributed by atoms with E-state index in [9.17, 15) is 4.79 Å². The van der Waals surface area contributed by atoms with Crippen molar-refractivity contribution in [1.29, 1.82) is 0 Å².